The van der Waals surface area contributed by atoms with Crippen molar-refractivity contribution in [3.8, 4) is 0 Å². The first-order valence-corrected chi connectivity index (χ1v) is 6.89. The van der Waals surface area contributed by atoms with Crippen LogP contribution in [0, 0.1) is 11.3 Å². The van der Waals surface area contributed by atoms with Gasteiger partial charge in [-0.2, -0.15) is 0 Å². The van der Waals surface area contributed by atoms with Crippen LogP contribution in [0.5, 0.6) is 0 Å². The van der Waals surface area contributed by atoms with Crippen LogP contribution in [0.1, 0.15) is 32.6 Å². The van der Waals surface area contributed by atoms with Crippen molar-refractivity contribution in [2.45, 2.75) is 38.6 Å². The number of amides is 3. The highest BCUT2D eigenvalue weighted by molar-refractivity contribution is 5.83. The lowest BCUT2D eigenvalue weighted by Gasteiger charge is -2.24. The van der Waals surface area contributed by atoms with Gasteiger partial charge in [-0.1, -0.05) is 0 Å². The Morgan fingerprint density at radius 1 is 1.45 bits per heavy atom. The minimum Gasteiger partial charge on any atom is -0.481 e. The number of aliphatic carboxylic acids is 1. The quantitative estimate of drug-likeness (QED) is 0.666. The molecule has 7 nitrogen and oxygen atoms in total. The zero-order chi connectivity index (χ0) is 14.9. The second kappa shape index (κ2) is 5.30. The molecule has 1 heterocycles. The number of hydrogen-bond donors (Lipinski definition) is 3. The molecule has 0 spiro atoms. The standard InChI is InChI=1S/C13H21N3O4/c1-13(11(14)19)4-5-16(7-13)12(20)15-9(6-10(17)18)8-2-3-8/h8-9H,2-7H2,1H3,(H2,14,19)(H,15,20)(H,17,18). The van der Waals surface area contributed by atoms with Gasteiger partial charge in [-0.25, -0.2) is 4.79 Å². The molecule has 112 valence electrons. The van der Waals surface area contributed by atoms with Crippen LogP contribution in [0.4, 0.5) is 4.79 Å². The summed E-state index contributed by atoms with van der Waals surface area (Å²) in [4.78, 5) is 35.9. The Kier molecular flexibility index (Phi) is 3.87. The molecular weight excluding hydrogens is 262 g/mol. The van der Waals surface area contributed by atoms with Crippen molar-refractivity contribution < 1.29 is 19.5 Å². The first kappa shape index (κ1) is 14.6. The topological polar surface area (TPSA) is 113 Å². The molecule has 2 fully saturated rings. The number of carboxylic acid groups (broad SMARTS) is 1. The van der Waals surface area contributed by atoms with Crippen LogP contribution < -0.4 is 11.1 Å². The Morgan fingerprint density at radius 3 is 2.55 bits per heavy atom. The molecule has 7 heteroatoms. The van der Waals surface area contributed by atoms with E-state index in [1.54, 1.807) is 11.8 Å². The fraction of sp³-hybridized carbons (Fsp3) is 0.769. The Morgan fingerprint density at radius 2 is 2.10 bits per heavy atom. The van der Waals surface area contributed by atoms with Gasteiger partial charge in [-0.05, 0) is 32.1 Å². The first-order valence-electron chi connectivity index (χ1n) is 6.89. The number of nitrogens with two attached hydrogens (primary N) is 1. The largest absolute Gasteiger partial charge is 0.481 e. The highest BCUT2D eigenvalue weighted by atomic mass is 16.4. The van der Waals surface area contributed by atoms with Crippen molar-refractivity contribution in [3.05, 3.63) is 0 Å². The first-order chi connectivity index (χ1) is 9.32. The lowest BCUT2D eigenvalue weighted by Crippen LogP contribution is -2.47. The highest BCUT2D eigenvalue weighted by Crippen LogP contribution is 2.34. The fourth-order valence-corrected chi connectivity index (χ4v) is 2.61. The molecule has 0 aromatic carbocycles. The number of likely N-dealkylation sites (tertiary alicyclic amines) is 1. The summed E-state index contributed by atoms with van der Waals surface area (Å²) in [7, 11) is 0. The minimum atomic E-state index is -0.911. The van der Waals surface area contributed by atoms with Crippen LogP contribution in [0.2, 0.25) is 0 Å². The van der Waals surface area contributed by atoms with Crippen molar-refractivity contribution in [1.82, 2.24) is 10.2 Å². The lowest BCUT2D eigenvalue weighted by molar-refractivity contribution is -0.137. The molecule has 0 aromatic rings. The van der Waals surface area contributed by atoms with E-state index in [2.05, 4.69) is 5.32 Å². The second-order valence-electron chi connectivity index (χ2n) is 6.09. The van der Waals surface area contributed by atoms with Gasteiger partial charge in [0.2, 0.25) is 5.91 Å². The lowest BCUT2D eigenvalue weighted by atomic mass is 9.89. The Hall–Kier alpha value is -1.79. The smallest absolute Gasteiger partial charge is 0.317 e. The summed E-state index contributed by atoms with van der Waals surface area (Å²) < 4.78 is 0. The van der Waals surface area contributed by atoms with E-state index in [1.165, 1.54) is 0 Å². The molecule has 1 saturated heterocycles. The second-order valence-corrected chi connectivity index (χ2v) is 6.09. The van der Waals surface area contributed by atoms with Crippen molar-refractivity contribution >= 4 is 17.9 Å². The van der Waals surface area contributed by atoms with Crippen LogP contribution >= 0.6 is 0 Å². The highest BCUT2D eigenvalue weighted by Gasteiger charge is 2.42. The van der Waals surface area contributed by atoms with Crippen LogP contribution in [0.3, 0.4) is 0 Å². The van der Waals surface area contributed by atoms with Crippen molar-refractivity contribution in [2.24, 2.45) is 17.1 Å². The van der Waals surface area contributed by atoms with Gasteiger partial charge in [-0.15, -0.1) is 0 Å². The molecule has 2 atom stereocenters. The summed E-state index contributed by atoms with van der Waals surface area (Å²) in [5.74, 6) is -1.05. The van der Waals surface area contributed by atoms with Gasteiger partial charge in [0.15, 0.2) is 0 Å². The predicted octanol–water partition coefficient (Wildman–Crippen LogP) is 0.147. The van der Waals surface area contributed by atoms with Gasteiger partial charge in [-0.3, -0.25) is 9.59 Å². The van der Waals surface area contributed by atoms with E-state index >= 15 is 0 Å². The molecule has 2 aliphatic rings. The van der Waals surface area contributed by atoms with E-state index in [9.17, 15) is 14.4 Å². The molecule has 0 bridgehead atoms. The predicted molar refractivity (Wildman–Crippen MR) is 70.8 cm³/mol. The third kappa shape index (κ3) is 3.20. The van der Waals surface area contributed by atoms with Gasteiger partial charge in [0.25, 0.3) is 0 Å². The molecule has 1 aliphatic carbocycles. The number of primary amides is 1. The van der Waals surface area contributed by atoms with Crippen molar-refractivity contribution in [1.29, 1.82) is 0 Å². The van der Waals surface area contributed by atoms with Crippen LogP contribution in [0.25, 0.3) is 0 Å². The van der Waals surface area contributed by atoms with Gasteiger partial charge in [0.1, 0.15) is 0 Å². The molecule has 1 aliphatic heterocycles. The average Bonchev–Trinajstić information content (AvgIpc) is 3.11. The van der Waals surface area contributed by atoms with Gasteiger partial charge in [0, 0.05) is 19.1 Å². The summed E-state index contributed by atoms with van der Waals surface area (Å²) in [6, 6.07) is -0.617. The number of nitrogens with one attached hydrogen (secondary N) is 1. The van der Waals surface area contributed by atoms with E-state index in [0.29, 0.717) is 19.5 Å². The maximum atomic E-state index is 12.1. The molecule has 1 saturated carbocycles. The average molecular weight is 283 g/mol. The monoisotopic (exact) mass is 283 g/mol. The van der Waals surface area contributed by atoms with E-state index in [1.807, 2.05) is 0 Å². The van der Waals surface area contributed by atoms with E-state index < -0.39 is 17.3 Å². The molecule has 3 amide bonds. The Bertz CT molecular complexity index is 435. The molecule has 4 N–H and O–H groups in total. The number of nitrogens with zero attached hydrogens (tertiary/aromatic N) is 1. The normalized spacial score (nSPS) is 27.1. The molecule has 2 rings (SSSR count). The zero-order valence-electron chi connectivity index (χ0n) is 11.6. The molecule has 0 aromatic heterocycles. The number of carbonyl (C=O) groups excluding carboxylic acids is 2. The van der Waals surface area contributed by atoms with E-state index in [4.69, 9.17) is 10.8 Å². The number of urea groups is 1. The molecule has 0 radical (unpaired) electrons. The molecule has 2 unspecified atom stereocenters. The number of carboxylic acids is 1. The Balaban J connectivity index is 1.91. The van der Waals surface area contributed by atoms with Gasteiger partial charge in [0.05, 0.1) is 11.8 Å². The maximum absolute atomic E-state index is 12.1. The molecule has 20 heavy (non-hydrogen) atoms. The van der Waals surface area contributed by atoms with Crippen LogP contribution in [-0.4, -0.2) is 47.0 Å². The third-order valence-corrected chi connectivity index (χ3v) is 4.25. The van der Waals surface area contributed by atoms with Crippen LogP contribution in [-0.2, 0) is 9.59 Å². The number of rotatable bonds is 5. The van der Waals surface area contributed by atoms with E-state index in [-0.39, 0.29) is 24.4 Å². The summed E-state index contributed by atoms with van der Waals surface area (Å²) in [5.41, 5.74) is 4.66. The number of hydrogen-bond acceptors (Lipinski definition) is 3. The third-order valence-electron chi connectivity index (χ3n) is 4.25. The summed E-state index contributed by atoms with van der Waals surface area (Å²) in [6.07, 6.45) is 2.40. The van der Waals surface area contributed by atoms with Gasteiger partial charge < -0.3 is 21.1 Å². The maximum Gasteiger partial charge on any atom is 0.317 e. The number of carbonyl (C=O) groups is 3. The van der Waals surface area contributed by atoms with Crippen LogP contribution in [0.15, 0.2) is 0 Å². The van der Waals surface area contributed by atoms with Gasteiger partial charge >= 0.3 is 12.0 Å². The summed E-state index contributed by atoms with van der Waals surface area (Å²) in [5, 5.41) is 11.7. The Labute approximate surface area is 117 Å². The molecular formula is C13H21N3O4. The SMILES string of the molecule is CC1(C(N)=O)CCN(C(=O)NC(CC(=O)O)C2CC2)C1. The zero-order valence-corrected chi connectivity index (χ0v) is 11.6. The van der Waals surface area contributed by atoms with Crippen molar-refractivity contribution in [2.75, 3.05) is 13.1 Å². The van der Waals surface area contributed by atoms with E-state index in [0.717, 1.165) is 12.8 Å². The summed E-state index contributed by atoms with van der Waals surface area (Å²) >= 11 is 0. The summed E-state index contributed by atoms with van der Waals surface area (Å²) in [6.45, 7) is 2.51. The fourth-order valence-electron chi connectivity index (χ4n) is 2.61. The van der Waals surface area contributed by atoms with Crippen molar-refractivity contribution in [3.63, 3.8) is 0 Å². The minimum absolute atomic E-state index is 0.0582.